The molecular weight excluding hydrogens is 164 g/mol. The Bertz CT molecular complexity index is 251. The average molecular weight is 178 g/mol. The van der Waals surface area contributed by atoms with Crippen molar-refractivity contribution in [1.82, 2.24) is 0 Å². The van der Waals surface area contributed by atoms with Crippen LogP contribution < -0.4 is 0 Å². The number of benzene rings is 1. The molecule has 0 saturated carbocycles. The van der Waals surface area contributed by atoms with Crippen molar-refractivity contribution >= 4 is 11.8 Å². The Morgan fingerprint density at radius 3 is 2.83 bits per heavy atom. The standard InChI is InChI=1S/C11H14S/c1-8-7-10-5-3-4-6-11(10)12-9(8)2/h3-6,8-9H,7H2,1-2H3/t8-,9-/m0/s1. The third-order valence-electron chi connectivity index (χ3n) is 2.63. The third-order valence-corrected chi connectivity index (χ3v) is 4.12. The predicted molar refractivity (Wildman–Crippen MR) is 54.6 cm³/mol. The highest BCUT2D eigenvalue weighted by Gasteiger charge is 2.21. The van der Waals surface area contributed by atoms with Crippen molar-refractivity contribution in [3.05, 3.63) is 29.8 Å². The van der Waals surface area contributed by atoms with Crippen LogP contribution in [0.3, 0.4) is 0 Å². The van der Waals surface area contributed by atoms with Gasteiger partial charge in [0, 0.05) is 10.1 Å². The maximum Gasteiger partial charge on any atom is 0.0107 e. The monoisotopic (exact) mass is 178 g/mol. The molecule has 2 atom stereocenters. The van der Waals surface area contributed by atoms with Gasteiger partial charge in [-0.15, -0.1) is 11.8 Å². The van der Waals surface area contributed by atoms with Crippen LogP contribution >= 0.6 is 11.8 Å². The molecule has 0 saturated heterocycles. The van der Waals surface area contributed by atoms with Gasteiger partial charge in [-0.05, 0) is 24.0 Å². The van der Waals surface area contributed by atoms with Crippen molar-refractivity contribution in [3.63, 3.8) is 0 Å². The molecule has 0 nitrogen and oxygen atoms in total. The second-order valence-electron chi connectivity index (χ2n) is 3.61. The van der Waals surface area contributed by atoms with E-state index in [-0.39, 0.29) is 0 Å². The Labute approximate surface area is 78.4 Å². The third kappa shape index (κ3) is 1.38. The van der Waals surface area contributed by atoms with E-state index in [0.717, 1.165) is 11.2 Å². The molecule has 2 rings (SSSR count). The van der Waals surface area contributed by atoms with Gasteiger partial charge < -0.3 is 0 Å². The fraction of sp³-hybridized carbons (Fsp3) is 0.455. The van der Waals surface area contributed by atoms with Gasteiger partial charge in [0.2, 0.25) is 0 Å². The Morgan fingerprint density at radius 2 is 2.00 bits per heavy atom. The summed E-state index contributed by atoms with van der Waals surface area (Å²) in [5.41, 5.74) is 1.54. The van der Waals surface area contributed by atoms with E-state index in [0.29, 0.717) is 0 Å². The molecule has 0 spiro atoms. The summed E-state index contributed by atoms with van der Waals surface area (Å²) in [7, 11) is 0. The second-order valence-corrected chi connectivity index (χ2v) is 5.03. The SMILES string of the molecule is C[C@@H]1Sc2ccccc2C[C@@H]1C. The molecule has 1 aliphatic heterocycles. The van der Waals surface area contributed by atoms with Crippen LogP contribution in [0.4, 0.5) is 0 Å². The number of fused-ring (bicyclic) bond motifs is 1. The molecule has 64 valence electrons. The van der Waals surface area contributed by atoms with Crippen LogP contribution in [-0.2, 0) is 6.42 Å². The van der Waals surface area contributed by atoms with E-state index >= 15 is 0 Å². The first-order chi connectivity index (χ1) is 5.77. The highest BCUT2D eigenvalue weighted by molar-refractivity contribution is 8.00. The first-order valence-corrected chi connectivity index (χ1v) is 5.40. The molecule has 0 N–H and O–H groups in total. The van der Waals surface area contributed by atoms with Crippen LogP contribution in [0.25, 0.3) is 0 Å². The molecule has 1 heterocycles. The minimum Gasteiger partial charge on any atom is -0.122 e. The zero-order valence-electron chi connectivity index (χ0n) is 7.58. The lowest BCUT2D eigenvalue weighted by molar-refractivity contribution is 0.559. The van der Waals surface area contributed by atoms with Gasteiger partial charge in [0.05, 0.1) is 0 Å². The van der Waals surface area contributed by atoms with Crippen LogP contribution in [-0.4, -0.2) is 5.25 Å². The van der Waals surface area contributed by atoms with E-state index < -0.39 is 0 Å². The molecule has 1 aromatic carbocycles. The van der Waals surface area contributed by atoms with E-state index in [1.165, 1.54) is 16.9 Å². The topological polar surface area (TPSA) is 0 Å². The summed E-state index contributed by atoms with van der Waals surface area (Å²) >= 11 is 2.02. The smallest absolute Gasteiger partial charge is 0.0107 e. The quantitative estimate of drug-likeness (QED) is 0.587. The summed E-state index contributed by atoms with van der Waals surface area (Å²) in [5.74, 6) is 0.824. The lowest BCUT2D eigenvalue weighted by Crippen LogP contribution is -2.17. The molecule has 0 unspecified atom stereocenters. The van der Waals surface area contributed by atoms with Gasteiger partial charge in [-0.2, -0.15) is 0 Å². The van der Waals surface area contributed by atoms with Crippen molar-refractivity contribution in [2.24, 2.45) is 5.92 Å². The summed E-state index contributed by atoms with van der Waals surface area (Å²) in [6, 6.07) is 8.77. The van der Waals surface area contributed by atoms with E-state index in [1.54, 1.807) is 0 Å². The minimum absolute atomic E-state index is 0.778. The molecule has 1 aromatic rings. The molecule has 12 heavy (non-hydrogen) atoms. The zero-order chi connectivity index (χ0) is 8.55. The summed E-state index contributed by atoms with van der Waals surface area (Å²) in [5, 5.41) is 0.778. The number of hydrogen-bond acceptors (Lipinski definition) is 1. The normalized spacial score (nSPS) is 28.2. The van der Waals surface area contributed by atoms with Crippen LogP contribution in [0.2, 0.25) is 0 Å². The van der Waals surface area contributed by atoms with Gasteiger partial charge in [-0.1, -0.05) is 32.0 Å². The van der Waals surface area contributed by atoms with Crippen LogP contribution in [0.1, 0.15) is 19.4 Å². The number of hydrogen-bond donors (Lipinski definition) is 0. The van der Waals surface area contributed by atoms with Crippen LogP contribution in [0, 0.1) is 5.92 Å². The number of thioether (sulfide) groups is 1. The first-order valence-electron chi connectivity index (χ1n) is 4.52. The van der Waals surface area contributed by atoms with Crippen molar-refractivity contribution in [2.45, 2.75) is 30.4 Å². The van der Waals surface area contributed by atoms with Gasteiger partial charge in [0.25, 0.3) is 0 Å². The van der Waals surface area contributed by atoms with Gasteiger partial charge in [0.15, 0.2) is 0 Å². The molecular formula is C11H14S. The van der Waals surface area contributed by atoms with Crippen LogP contribution in [0.15, 0.2) is 29.2 Å². The highest BCUT2D eigenvalue weighted by Crippen LogP contribution is 2.37. The molecule has 0 bridgehead atoms. The first kappa shape index (κ1) is 8.18. The molecule has 0 aromatic heterocycles. The Balaban J connectivity index is 2.34. The fourth-order valence-corrected chi connectivity index (χ4v) is 2.81. The van der Waals surface area contributed by atoms with E-state index in [9.17, 15) is 0 Å². The molecule has 1 aliphatic rings. The largest absolute Gasteiger partial charge is 0.122 e. The Morgan fingerprint density at radius 1 is 1.25 bits per heavy atom. The zero-order valence-corrected chi connectivity index (χ0v) is 8.40. The van der Waals surface area contributed by atoms with Gasteiger partial charge >= 0.3 is 0 Å². The highest BCUT2D eigenvalue weighted by atomic mass is 32.2. The lowest BCUT2D eigenvalue weighted by Gasteiger charge is -2.27. The summed E-state index contributed by atoms with van der Waals surface area (Å²) in [4.78, 5) is 1.49. The fourth-order valence-electron chi connectivity index (χ4n) is 1.62. The maximum absolute atomic E-state index is 2.34. The van der Waals surface area contributed by atoms with Gasteiger partial charge in [0.1, 0.15) is 0 Å². The second kappa shape index (κ2) is 3.14. The van der Waals surface area contributed by atoms with Gasteiger partial charge in [-0.25, -0.2) is 0 Å². The van der Waals surface area contributed by atoms with Crippen molar-refractivity contribution in [1.29, 1.82) is 0 Å². The molecule has 0 fully saturated rings. The number of rotatable bonds is 0. The average Bonchev–Trinajstić information content (AvgIpc) is 2.07. The Hall–Kier alpha value is -0.430. The van der Waals surface area contributed by atoms with Crippen molar-refractivity contribution < 1.29 is 0 Å². The Kier molecular flexibility index (Phi) is 2.14. The van der Waals surface area contributed by atoms with E-state index in [4.69, 9.17) is 0 Å². The molecule has 0 aliphatic carbocycles. The van der Waals surface area contributed by atoms with Gasteiger partial charge in [-0.3, -0.25) is 0 Å². The van der Waals surface area contributed by atoms with Crippen LogP contribution in [0.5, 0.6) is 0 Å². The van der Waals surface area contributed by atoms with Crippen molar-refractivity contribution in [2.75, 3.05) is 0 Å². The summed E-state index contributed by atoms with van der Waals surface area (Å²) < 4.78 is 0. The lowest BCUT2D eigenvalue weighted by atomic mass is 9.98. The minimum atomic E-state index is 0.778. The molecule has 0 radical (unpaired) electrons. The van der Waals surface area contributed by atoms with Crippen molar-refractivity contribution in [3.8, 4) is 0 Å². The predicted octanol–water partition coefficient (Wildman–Crippen LogP) is 3.36. The summed E-state index contributed by atoms with van der Waals surface area (Å²) in [6.45, 7) is 4.67. The van der Waals surface area contributed by atoms with E-state index in [1.807, 2.05) is 11.8 Å². The van der Waals surface area contributed by atoms with E-state index in [2.05, 4.69) is 38.1 Å². The maximum atomic E-state index is 2.34. The summed E-state index contributed by atoms with van der Waals surface area (Å²) in [6.07, 6.45) is 1.25. The molecule has 1 heteroatoms. The molecule has 0 amide bonds.